The zero-order valence-electron chi connectivity index (χ0n) is 14.6. The molecule has 0 saturated carbocycles. The number of hydrogen-bond donors (Lipinski definition) is 1. The molecule has 2 aromatic carbocycles. The molecule has 1 heterocycles. The minimum absolute atomic E-state index is 0.0144. The van der Waals surface area contributed by atoms with Gasteiger partial charge in [0.1, 0.15) is 0 Å². The van der Waals surface area contributed by atoms with E-state index in [2.05, 4.69) is 16.8 Å². The molecule has 3 rings (SSSR count). The van der Waals surface area contributed by atoms with Crippen molar-refractivity contribution < 1.29 is 4.79 Å². The number of amides is 1. The number of anilines is 2. The summed E-state index contributed by atoms with van der Waals surface area (Å²) in [5, 5.41) is 10.7. The van der Waals surface area contributed by atoms with Gasteiger partial charge in [0.05, 0.1) is 11.4 Å². The third-order valence-electron chi connectivity index (χ3n) is 4.06. The zero-order chi connectivity index (χ0) is 18.5. The van der Waals surface area contributed by atoms with Crippen LogP contribution >= 0.6 is 11.8 Å². The first-order chi connectivity index (χ1) is 12.7. The first-order valence-electron chi connectivity index (χ1n) is 8.36. The lowest BCUT2D eigenvalue weighted by molar-refractivity contribution is -0.116. The Morgan fingerprint density at radius 1 is 1.27 bits per heavy atom. The van der Waals surface area contributed by atoms with Crippen LogP contribution in [0.2, 0.25) is 0 Å². The quantitative estimate of drug-likeness (QED) is 0.512. The molecule has 0 aliphatic rings. The van der Waals surface area contributed by atoms with Crippen molar-refractivity contribution >= 4 is 40.1 Å². The minimum atomic E-state index is 0.0144. The Hall–Kier alpha value is -2.80. The number of nitrogens with two attached hydrogens (primary N) is 1. The third kappa shape index (κ3) is 3.57. The maximum Gasteiger partial charge on any atom is 0.237 e. The highest BCUT2D eigenvalue weighted by atomic mass is 32.2. The fourth-order valence-corrected chi connectivity index (χ4v) is 3.67. The molecule has 1 amide bonds. The number of benzene rings is 2. The predicted molar refractivity (Wildman–Crippen MR) is 107 cm³/mol. The standard InChI is InChI=1S/C19H21N5OS/c1-3-12-24-18(20)21-22-19(24)26-13-17(25)23(4-2)16-11-7-9-14-8-5-6-10-15(14)16/h3,5-11H,1,4,12-13H2,2H3,(H2,20,21). The van der Waals surface area contributed by atoms with Crippen molar-refractivity contribution in [3.63, 3.8) is 0 Å². The van der Waals surface area contributed by atoms with Gasteiger partial charge in [-0.1, -0.05) is 54.2 Å². The Kier molecular flexibility index (Phi) is 5.58. The fourth-order valence-electron chi connectivity index (χ4n) is 2.84. The van der Waals surface area contributed by atoms with Gasteiger partial charge >= 0.3 is 0 Å². The fraction of sp³-hybridized carbons (Fsp3) is 0.211. The summed E-state index contributed by atoms with van der Waals surface area (Å²) in [6.45, 7) is 6.78. The van der Waals surface area contributed by atoms with Crippen LogP contribution < -0.4 is 10.6 Å². The normalized spacial score (nSPS) is 10.8. The van der Waals surface area contributed by atoms with Gasteiger partial charge in [0.2, 0.25) is 11.9 Å². The van der Waals surface area contributed by atoms with E-state index in [1.54, 1.807) is 15.5 Å². The lowest BCUT2D eigenvalue weighted by atomic mass is 10.1. The molecule has 0 atom stereocenters. The number of thioether (sulfide) groups is 1. The molecular weight excluding hydrogens is 346 g/mol. The van der Waals surface area contributed by atoms with E-state index in [4.69, 9.17) is 5.73 Å². The number of carbonyl (C=O) groups is 1. The summed E-state index contributed by atoms with van der Waals surface area (Å²) in [4.78, 5) is 14.7. The highest BCUT2D eigenvalue weighted by molar-refractivity contribution is 7.99. The minimum Gasteiger partial charge on any atom is -0.368 e. The van der Waals surface area contributed by atoms with Crippen LogP contribution in [0.15, 0.2) is 60.3 Å². The van der Waals surface area contributed by atoms with Crippen LogP contribution in [-0.2, 0) is 11.3 Å². The van der Waals surface area contributed by atoms with Gasteiger partial charge in [-0.05, 0) is 18.4 Å². The van der Waals surface area contributed by atoms with Crippen LogP contribution in [0.1, 0.15) is 6.92 Å². The molecule has 3 aromatic rings. The Morgan fingerprint density at radius 3 is 2.81 bits per heavy atom. The highest BCUT2D eigenvalue weighted by Crippen LogP contribution is 2.28. The van der Waals surface area contributed by atoms with Crippen molar-refractivity contribution in [3.8, 4) is 0 Å². The third-order valence-corrected chi connectivity index (χ3v) is 5.01. The number of fused-ring (bicyclic) bond motifs is 1. The number of nitrogen functional groups attached to an aromatic ring is 1. The van der Waals surface area contributed by atoms with E-state index in [0.717, 1.165) is 16.5 Å². The summed E-state index contributed by atoms with van der Waals surface area (Å²) in [6.07, 6.45) is 1.72. The first kappa shape index (κ1) is 18.0. The van der Waals surface area contributed by atoms with Crippen LogP contribution in [0.25, 0.3) is 10.8 Å². The Bertz CT molecular complexity index is 931. The summed E-state index contributed by atoms with van der Waals surface area (Å²) in [5.74, 6) is 0.591. The van der Waals surface area contributed by atoms with Crippen LogP contribution in [0.4, 0.5) is 11.6 Å². The van der Waals surface area contributed by atoms with Crippen molar-refractivity contribution in [3.05, 3.63) is 55.1 Å². The molecule has 7 heteroatoms. The maximum absolute atomic E-state index is 12.9. The second-order valence-corrected chi connectivity index (χ2v) is 6.61. The Balaban J connectivity index is 1.80. The number of aromatic nitrogens is 3. The number of rotatable bonds is 7. The van der Waals surface area contributed by atoms with E-state index in [1.807, 2.05) is 49.4 Å². The average molecular weight is 367 g/mol. The van der Waals surface area contributed by atoms with Crippen LogP contribution in [0.5, 0.6) is 0 Å². The molecule has 0 saturated heterocycles. The topological polar surface area (TPSA) is 77.0 Å². The summed E-state index contributed by atoms with van der Waals surface area (Å²) >= 11 is 1.33. The second kappa shape index (κ2) is 8.05. The molecule has 1 aromatic heterocycles. The summed E-state index contributed by atoms with van der Waals surface area (Å²) in [5.41, 5.74) is 6.73. The SMILES string of the molecule is C=CCn1c(N)nnc1SCC(=O)N(CC)c1cccc2ccccc12. The van der Waals surface area contributed by atoms with E-state index in [-0.39, 0.29) is 11.7 Å². The van der Waals surface area contributed by atoms with Gasteiger partial charge in [0, 0.05) is 18.5 Å². The largest absolute Gasteiger partial charge is 0.368 e. The molecular formula is C19H21N5OS. The number of hydrogen-bond acceptors (Lipinski definition) is 5. The van der Waals surface area contributed by atoms with Gasteiger partial charge in [-0.3, -0.25) is 9.36 Å². The summed E-state index contributed by atoms with van der Waals surface area (Å²) in [6, 6.07) is 14.1. The molecule has 0 bridgehead atoms. The van der Waals surface area contributed by atoms with Gasteiger partial charge in [0.15, 0.2) is 5.16 Å². The predicted octanol–water partition coefficient (Wildman–Crippen LogP) is 3.34. The highest BCUT2D eigenvalue weighted by Gasteiger charge is 2.18. The van der Waals surface area contributed by atoms with E-state index in [0.29, 0.717) is 24.2 Å². The van der Waals surface area contributed by atoms with E-state index >= 15 is 0 Å². The van der Waals surface area contributed by atoms with Crippen molar-refractivity contribution in [2.75, 3.05) is 22.9 Å². The lowest BCUT2D eigenvalue weighted by Crippen LogP contribution is -2.32. The zero-order valence-corrected chi connectivity index (χ0v) is 15.4. The van der Waals surface area contributed by atoms with E-state index < -0.39 is 0 Å². The van der Waals surface area contributed by atoms with E-state index in [9.17, 15) is 4.79 Å². The van der Waals surface area contributed by atoms with Gasteiger partial charge < -0.3 is 10.6 Å². The van der Waals surface area contributed by atoms with Crippen LogP contribution in [-0.4, -0.2) is 33.0 Å². The Morgan fingerprint density at radius 2 is 2.04 bits per heavy atom. The maximum atomic E-state index is 12.9. The monoisotopic (exact) mass is 367 g/mol. The van der Waals surface area contributed by atoms with Gasteiger partial charge in [-0.25, -0.2) is 0 Å². The van der Waals surface area contributed by atoms with Gasteiger partial charge in [0.25, 0.3) is 0 Å². The first-order valence-corrected chi connectivity index (χ1v) is 9.34. The molecule has 0 unspecified atom stereocenters. The molecule has 0 fully saturated rings. The number of allylic oxidation sites excluding steroid dienone is 1. The summed E-state index contributed by atoms with van der Waals surface area (Å²) < 4.78 is 1.74. The summed E-state index contributed by atoms with van der Waals surface area (Å²) in [7, 11) is 0. The van der Waals surface area contributed by atoms with Crippen molar-refractivity contribution in [2.24, 2.45) is 0 Å². The van der Waals surface area contributed by atoms with Gasteiger partial charge in [-0.15, -0.1) is 16.8 Å². The smallest absolute Gasteiger partial charge is 0.237 e. The van der Waals surface area contributed by atoms with Crippen molar-refractivity contribution in [1.82, 2.24) is 14.8 Å². The molecule has 2 N–H and O–H groups in total. The number of carbonyl (C=O) groups excluding carboxylic acids is 1. The van der Waals surface area contributed by atoms with E-state index in [1.165, 1.54) is 11.8 Å². The average Bonchev–Trinajstić information content (AvgIpc) is 3.01. The lowest BCUT2D eigenvalue weighted by Gasteiger charge is -2.22. The number of nitrogens with zero attached hydrogens (tertiary/aromatic N) is 4. The second-order valence-electron chi connectivity index (χ2n) is 5.67. The molecule has 0 aliphatic carbocycles. The molecule has 26 heavy (non-hydrogen) atoms. The Labute approximate surface area is 156 Å². The molecule has 0 spiro atoms. The molecule has 134 valence electrons. The van der Waals surface area contributed by atoms with Crippen LogP contribution in [0, 0.1) is 0 Å². The van der Waals surface area contributed by atoms with Crippen molar-refractivity contribution in [2.45, 2.75) is 18.6 Å². The van der Waals surface area contributed by atoms with Crippen molar-refractivity contribution in [1.29, 1.82) is 0 Å². The molecule has 6 nitrogen and oxygen atoms in total. The molecule has 0 aliphatic heterocycles. The molecule has 0 radical (unpaired) electrons. The van der Waals surface area contributed by atoms with Gasteiger partial charge in [-0.2, -0.15) is 0 Å². The van der Waals surface area contributed by atoms with Crippen LogP contribution in [0.3, 0.4) is 0 Å².